The molecule has 0 rings (SSSR count). The van der Waals surface area contributed by atoms with Crippen molar-refractivity contribution in [3.63, 3.8) is 0 Å². The standard InChI is InChI=1S/C26H47N5O11.Fe/c32-20-8-7-19-31(42)24(36)12-10-22(34)28-15-3-1-5-17-29(40)23(35)11-9-21(33)27-16-4-2-6-18-30(41)25(37)13-14-26(38)39;/h32,40-42H,1-20H2,(H,27,33)(H,28,34)(H,38,39);. The number of carboxylic acid groups (broad SMARTS) is 1. The van der Waals surface area contributed by atoms with Crippen molar-refractivity contribution in [2.75, 3.05) is 39.3 Å². The second-order valence-electron chi connectivity index (χ2n) is 9.70. The number of rotatable bonds is 25. The minimum atomic E-state index is -1.12. The average Bonchev–Trinajstić information content (AvgIpc) is 2.96. The van der Waals surface area contributed by atoms with E-state index in [4.69, 9.17) is 10.2 Å². The van der Waals surface area contributed by atoms with Gasteiger partial charge in [0.15, 0.2) is 0 Å². The van der Waals surface area contributed by atoms with Crippen molar-refractivity contribution in [2.45, 2.75) is 89.9 Å². The molecule has 0 spiro atoms. The van der Waals surface area contributed by atoms with Gasteiger partial charge in [0.05, 0.1) is 6.42 Å². The van der Waals surface area contributed by atoms with E-state index in [1.165, 1.54) is 0 Å². The van der Waals surface area contributed by atoms with Gasteiger partial charge in [0.1, 0.15) is 0 Å². The molecule has 0 saturated heterocycles. The van der Waals surface area contributed by atoms with E-state index in [9.17, 15) is 44.4 Å². The summed E-state index contributed by atoms with van der Waals surface area (Å²) >= 11 is 0. The Morgan fingerprint density at radius 2 is 0.837 bits per heavy atom. The maximum Gasteiger partial charge on any atom is 0.303 e. The van der Waals surface area contributed by atoms with E-state index in [-0.39, 0.29) is 93.6 Å². The van der Waals surface area contributed by atoms with Gasteiger partial charge in [-0.1, -0.05) is 0 Å². The Hall–Kier alpha value is -2.82. The molecule has 0 aromatic rings. The summed E-state index contributed by atoms with van der Waals surface area (Å²) in [4.78, 5) is 69.4. The Morgan fingerprint density at radius 3 is 1.19 bits per heavy atom. The predicted octanol–water partition coefficient (Wildman–Crippen LogP) is 0.408. The Balaban J connectivity index is 0. The summed E-state index contributed by atoms with van der Waals surface area (Å²) in [6.45, 7) is 0.897. The minimum Gasteiger partial charge on any atom is -0.481 e. The molecule has 0 aromatic carbocycles. The first-order valence-corrected chi connectivity index (χ1v) is 14.3. The van der Waals surface area contributed by atoms with Gasteiger partial charge in [-0.25, -0.2) is 15.2 Å². The van der Waals surface area contributed by atoms with Crippen molar-refractivity contribution < 1.29 is 71.7 Å². The van der Waals surface area contributed by atoms with Crippen molar-refractivity contribution >= 4 is 35.5 Å². The van der Waals surface area contributed by atoms with Gasteiger partial charge in [0, 0.05) is 88.5 Å². The number of nitrogens with one attached hydrogen (secondary N) is 2. The molecule has 0 aliphatic rings. The number of nitrogens with zero attached hydrogens (tertiary/aromatic N) is 3. The monoisotopic (exact) mass is 661 g/mol. The molecule has 0 aliphatic carbocycles. The molecule has 0 saturated carbocycles. The van der Waals surface area contributed by atoms with Gasteiger partial charge in [-0.05, 0) is 51.4 Å². The summed E-state index contributed by atoms with van der Waals surface area (Å²) in [5.41, 5.74) is 0. The number of unbranched alkanes of at least 4 members (excludes halogenated alkanes) is 5. The number of hydroxylamine groups is 6. The number of carbonyl (C=O) groups is 6. The maximum absolute atomic E-state index is 12.0. The number of aliphatic hydroxyl groups excluding tert-OH is 1. The number of hydrogen-bond donors (Lipinski definition) is 7. The van der Waals surface area contributed by atoms with E-state index >= 15 is 0 Å². The van der Waals surface area contributed by atoms with Crippen molar-refractivity contribution in [1.82, 2.24) is 25.8 Å². The summed E-state index contributed by atoms with van der Waals surface area (Å²) in [5, 5.41) is 53.1. The first-order chi connectivity index (χ1) is 20.0. The molecule has 0 fully saturated rings. The molecule has 0 aromatic heterocycles. The van der Waals surface area contributed by atoms with Crippen molar-refractivity contribution in [3.05, 3.63) is 0 Å². The number of aliphatic carboxylic acids is 1. The smallest absolute Gasteiger partial charge is 0.303 e. The van der Waals surface area contributed by atoms with E-state index in [2.05, 4.69) is 10.6 Å². The molecule has 7 N–H and O–H groups in total. The Morgan fingerprint density at radius 1 is 0.488 bits per heavy atom. The second kappa shape index (κ2) is 26.8. The van der Waals surface area contributed by atoms with E-state index < -0.39 is 23.7 Å². The summed E-state index contributed by atoms with van der Waals surface area (Å²) in [7, 11) is 0. The van der Waals surface area contributed by atoms with Crippen LogP contribution >= 0.6 is 0 Å². The quantitative estimate of drug-likeness (QED) is 0.0306. The van der Waals surface area contributed by atoms with Gasteiger partial charge in [-0.2, -0.15) is 0 Å². The van der Waals surface area contributed by atoms with Crippen LogP contribution in [0.25, 0.3) is 0 Å². The van der Waals surface area contributed by atoms with Gasteiger partial charge in [0.25, 0.3) is 0 Å². The zero-order chi connectivity index (χ0) is 31.8. The maximum atomic E-state index is 12.0. The Bertz CT molecular complexity index is 850. The number of carboxylic acids is 1. The van der Waals surface area contributed by atoms with Gasteiger partial charge in [-0.3, -0.25) is 44.4 Å². The second-order valence-corrected chi connectivity index (χ2v) is 9.70. The number of amides is 5. The number of aliphatic hydroxyl groups is 1. The van der Waals surface area contributed by atoms with E-state index in [1.807, 2.05) is 0 Å². The fraction of sp³-hybridized carbons (Fsp3) is 0.769. The van der Waals surface area contributed by atoms with Crippen LogP contribution in [0.1, 0.15) is 89.9 Å². The van der Waals surface area contributed by atoms with Gasteiger partial charge in [-0.15, -0.1) is 0 Å². The molecular weight excluding hydrogens is 614 g/mol. The molecule has 16 nitrogen and oxygen atoms in total. The van der Waals surface area contributed by atoms with Crippen LogP contribution < -0.4 is 10.6 Å². The summed E-state index contributed by atoms with van der Waals surface area (Å²) in [5.74, 6) is -3.63. The molecule has 0 aliphatic heterocycles. The van der Waals surface area contributed by atoms with Crippen molar-refractivity contribution in [3.8, 4) is 0 Å². The Labute approximate surface area is 262 Å². The SMILES string of the molecule is O=C(O)CCC(=O)N(O)CCCCCNC(=O)CCC(=O)N(O)CCCCCNC(=O)CCC(=O)N(O)CCCCO.[Fe]. The molecule has 250 valence electrons. The van der Waals surface area contributed by atoms with Gasteiger partial charge >= 0.3 is 5.97 Å². The third-order valence-electron chi connectivity index (χ3n) is 6.06. The molecule has 43 heavy (non-hydrogen) atoms. The summed E-state index contributed by atoms with van der Waals surface area (Å²) < 4.78 is 0. The van der Waals surface area contributed by atoms with Crippen LogP contribution in [0.2, 0.25) is 0 Å². The molecule has 0 radical (unpaired) electrons. The first kappa shape index (κ1) is 42.3. The fourth-order valence-corrected chi connectivity index (χ4v) is 3.55. The normalized spacial score (nSPS) is 10.3. The zero-order valence-corrected chi connectivity index (χ0v) is 25.6. The summed E-state index contributed by atoms with van der Waals surface area (Å²) in [6.07, 6.45) is 3.16. The number of carbonyl (C=O) groups excluding carboxylic acids is 5. The van der Waals surface area contributed by atoms with Crippen molar-refractivity contribution in [1.29, 1.82) is 0 Å². The minimum absolute atomic E-state index is 0. The van der Waals surface area contributed by atoms with Crippen LogP contribution in [0.3, 0.4) is 0 Å². The number of hydrogen-bond acceptors (Lipinski definition) is 10. The predicted molar refractivity (Wildman–Crippen MR) is 146 cm³/mol. The van der Waals surface area contributed by atoms with E-state index in [1.54, 1.807) is 0 Å². The topological polar surface area (TPSA) is 237 Å². The molecule has 17 heteroatoms. The molecule has 0 heterocycles. The van der Waals surface area contributed by atoms with E-state index in [0.29, 0.717) is 79.6 Å². The Kier molecular flexibility index (Phi) is 26.4. The van der Waals surface area contributed by atoms with Crippen LogP contribution in [-0.2, 0) is 45.8 Å². The molecule has 0 unspecified atom stereocenters. The van der Waals surface area contributed by atoms with Crippen LogP contribution in [0.4, 0.5) is 0 Å². The molecule has 5 amide bonds. The summed E-state index contributed by atoms with van der Waals surface area (Å²) in [6, 6.07) is 0. The third-order valence-corrected chi connectivity index (χ3v) is 6.06. The third kappa shape index (κ3) is 24.3. The van der Waals surface area contributed by atoms with E-state index in [0.717, 1.165) is 0 Å². The zero-order valence-electron chi connectivity index (χ0n) is 24.5. The van der Waals surface area contributed by atoms with Crippen LogP contribution in [-0.4, -0.2) is 116 Å². The average molecular weight is 662 g/mol. The molecule has 0 atom stereocenters. The molecular formula is C26H47FeN5O11. The van der Waals surface area contributed by atoms with Crippen LogP contribution in [0.5, 0.6) is 0 Å². The fourth-order valence-electron chi connectivity index (χ4n) is 3.55. The van der Waals surface area contributed by atoms with Crippen LogP contribution in [0, 0.1) is 0 Å². The van der Waals surface area contributed by atoms with Gasteiger partial charge < -0.3 is 20.8 Å². The molecule has 0 bridgehead atoms. The van der Waals surface area contributed by atoms with Crippen LogP contribution in [0.15, 0.2) is 0 Å². The van der Waals surface area contributed by atoms with Crippen molar-refractivity contribution in [2.24, 2.45) is 0 Å². The largest absolute Gasteiger partial charge is 0.481 e. The first-order valence-electron chi connectivity index (χ1n) is 14.3. The van der Waals surface area contributed by atoms with Gasteiger partial charge in [0.2, 0.25) is 29.5 Å².